The number of nitrogens with two attached hydrogens (primary N) is 1. The molecule has 1 rings (SSSR count). The molecule has 5 N–H and O–H groups in total. The van der Waals surface area contributed by atoms with Crippen molar-refractivity contribution in [2.75, 3.05) is 13.2 Å². The van der Waals surface area contributed by atoms with Crippen LogP contribution < -0.4 is 5.73 Å². The summed E-state index contributed by atoms with van der Waals surface area (Å²) < 4.78 is 5.21. The van der Waals surface area contributed by atoms with Gasteiger partial charge in [-0.1, -0.05) is 0 Å². The zero-order valence-electron chi connectivity index (χ0n) is 9.69. The molecule has 1 heterocycles. The van der Waals surface area contributed by atoms with Crippen LogP contribution in [0.15, 0.2) is 18.5 Å². The number of aromatic nitrogens is 1. The lowest BCUT2D eigenvalue weighted by molar-refractivity contribution is -0.0861. The molecule has 0 aliphatic rings. The molecule has 0 saturated carbocycles. The van der Waals surface area contributed by atoms with Gasteiger partial charge in [-0.2, -0.15) is 0 Å². The predicted molar refractivity (Wildman–Crippen MR) is 61.5 cm³/mol. The molecule has 0 aliphatic carbocycles. The van der Waals surface area contributed by atoms with E-state index in [0.717, 1.165) is 0 Å². The number of pyridine rings is 1. The third kappa shape index (κ3) is 4.04. The maximum atomic E-state index is 10.9. The lowest BCUT2D eigenvalue weighted by Crippen LogP contribution is -2.35. The second-order valence-corrected chi connectivity index (χ2v) is 3.73. The van der Waals surface area contributed by atoms with Crippen molar-refractivity contribution in [3.63, 3.8) is 0 Å². The quantitative estimate of drug-likeness (QED) is 0.466. The Morgan fingerprint density at radius 2 is 2.11 bits per heavy atom. The number of carbonyl (C=O) groups excluding carboxylic acids is 1. The minimum Gasteiger partial charge on any atom is -0.394 e. The highest BCUT2D eigenvalue weighted by Gasteiger charge is 2.18. The Labute approximate surface area is 104 Å². The molecule has 0 spiro atoms. The number of aliphatic hydroxyl groups is 3. The molecule has 1 amide bonds. The fourth-order valence-electron chi connectivity index (χ4n) is 1.31. The summed E-state index contributed by atoms with van der Waals surface area (Å²) in [7, 11) is 0. The van der Waals surface area contributed by atoms with Gasteiger partial charge >= 0.3 is 0 Å². The van der Waals surface area contributed by atoms with E-state index in [0.29, 0.717) is 5.56 Å². The van der Waals surface area contributed by atoms with Gasteiger partial charge in [0, 0.05) is 12.4 Å². The first kappa shape index (κ1) is 14.5. The van der Waals surface area contributed by atoms with Crippen LogP contribution in [0, 0.1) is 0 Å². The standard InChI is InChI=1S/C11H16N2O5/c12-11(17)8-1-7(2-13-3-8)6-18-10(5-15)9(16)4-14/h1-3,9-10,14-16H,4-6H2,(H2,12,17)/t9?,10-/m1/s1. The first-order chi connectivity index (χ1) is 8.58. The molecule has 18 heavy (non-hydrogen) atoms. The van der Waals surface area contributed by atoms with Crippen molar-refractivity contribution in [2.24, 2.45) is 5.73 Å². The van der Waals surface area contributed by atoms with E-state index in [1.807, 2.05) is 0 Å². The van der Waals surface area contributed by atoms with Crippen molar-refractivity contribution in [2.45, 2.75) is 18.8 Å². The number of rotatable bonds is 7. The molecule has 0 saturated heterocycles. The van der Waals surface area contributed by atoms with Crippen LogP contribution >= 0.6 is 0 Å². The molecule has 1 aromatic rings. The van der Waals surface area contributed by atoms with E-state index in [1.165, 1.54) is 18.5 Å². The van der Waals surface area contributed by atoms with Gasteiger partial charge in [-0.05, 0) is 11.6 Å². The summed E-state index contributed by atoms with van der Waals surface area (Å²) >= 11 is 0. The highest BCUT2D eigenvalue weighted by atomic mass is 16.5. The molecule has 7 heteroatoms. The Hall–Kier alpha value is -1.54. The summed E-state index contributed by atoms with van der Waals surface area (Å²) in [6.45, 7) is -0.897. The summed E-state index contributed by atoms with van der Waals surface area (Å²) in [5, 5.41) is 27.0. The molecule has 0 aromatic carbocycles. The monoisotopic (exact) mass is 256 g/mol. The van der Waals surface area contributed by atoms with Crippen LogP contribution in [0.2, 0.25) is 0 Å². The molecule has 0 radical (unpaired) electrons. The van der Waals surface area contributed by atoms with Gasteiger partial charge in [-0.15, -0.1) is 0 Å². The van der Waals surface area contributed by atoms with E-state index in [1.54, 1.807) is 0 Å². The summed E-state index contributed by atoms with van der Waals surface area (Å²) in [5.41, 5.74) is 5.93. The number of hydrogen-bond acceptors (Lipinski definition) is 6. The van der Waals surface area contributed by atoms with E-state index in [-0.39, 0.29) is 12.2 Å². The molecule has 7 nitrogen and oxygen atoms in total. The highest BCUT2D eigenvalue weighted by molar-refractivity contribution is 5.92. The molecule has 100 valence electrons. The Kier molecular flexibility index (Phi) is 5.66. The van der Waals surface area contributed by atoms with Crippen LogP contribution in [0.4, 0.5) is 0 Å². The average molecular weight is 256 g/mol. The van der Waals surface area contributed by atoms with Gasteiger partial charge in [0.25, 0.3) is 0 Å². The third-order valence-electron chi connectivity index (χ3n) is 2.34. The molecule has 2 atom stereocenters. The number of aliphatic hydroxyl groups excluding tert-OH is 3. The SMILES string of the molecule is NC(=O)c1cncc(CO[C@H](CO)C(O)CO)c1. The Bertz CT molecular complexity index is 399. The average Bonchev–Trinajstić information content (AvgIpc) is 2.39. The minimum absolute atomic E-state index is 0.0381. The zero-order valence-corrected chi connectivity index (χ0v) is 9.69. The lowest BCUT2D eigenvalue weighted by Gasteiger charge is -2.19. The number of carbonyl (C=O) groups is 1. The molecular formula is C11H16N2O5. The first-order valence-corrected chi connectivity index (χ1v) is 5.33. The summed E-state index contributed by atoms with van der Waals surface area (Å²) in [6.07, 6.45) is 0.749. The van der Waals surface area contributed by atoms with Crippen LogP contribution in [0.25, 0.3) is 0 Å². The van der Waals surface area contributed by atoms with Crippen LogP contribution in [0.1, 0.15) is 15.9 Å². The summed E-state index contributed by atoms with van der Waals surface area (Å²) in [5.74, 6) is -0.599. The molecule has 1 unspecified atom stereocenters. The maximum Gasteiger partial charge on any atom is 0.250 e. The van der Waals surface area contributed by atoms with Crippen LogP contribution in [-0.4, -0.2) is 51.6 Å². The number of ether oxygens (including phenoxy) is 1. The molecule has 0 fully saturated rings. The van der Waals surface area contributed by atoms with Crippen molar-refractivity contribution in [1.29, 1.82) is 0 Å². The number of primary amides is 1. The van der Waals surface area contributed by atoms with E-state index in [9.17, 15) is 9.90 Å². The van der Waals surface area contributed by atoms with Crippen LogP contribution in [-0.2, 0) is 11.3 Å². The predicted octanol–water partition coefficient (Wildman–Crippen LogP) is -1.59. The normalized spacial score (nSPS) is 14.2. The second-order valence-electron chi connectivity index (χ2n) is 3.73. The van der Waals surface area contributed by atoms with Gasteiger partial charge in [0.05, 0.1) is 25.4 Å². The van der Waals surface area contributed by atoms with Crippen LogP contribution in [0.3, 0.4) is 0 Å². The molecule has 0 bridgehead atoms. The van der Waals surface area contributed by atoms with E-state index in [4.69, 9.17) is 20.7 Å². The highest BCUT2D eigenvalue weighted by Crippen LogP contribution is 2.07. The van der Waals surface area contributed by atoms with E-state index < -0.39 is 31.3 Å². The zero-order chi connectivity index (χ0) is 13.5. The largest absolute Gasteiger partial charge is 0.394 e. The first-order valence-electron chi connectivity index (χ1n) is 5.33. The number of amides is 1. The molecule has 0 aliphatic heterocycles. The summed E-state index contributed by atoms with van der Waals surface area (Å²) in [6, 6.07) is 1.51. The second kappa shape index (κ2) is 7.02. The minimum atomic E-state index is -1.16. The van der Waals surface area contributed by atoms with E-state index >= 15 is 0 Å². The van der Waals surface area contributed by atoms with E-state index in [2.05, 4.69) is 4.98 Å². The van der Waals surface area contributed by atoms with Gasteiger partial charge in [0.2, 0.25) is 5.91 Å². The molecule has 1 aromatic heterocycles. The Morgan fingerprint density at radius 1 is 1.39 bits per heavy atom. The van der Waals surface area contributed by atoms with Crippen molar-refractivity contribution in [3.8, 4) is 0 Å². The van der Waals surface area contributed by atoms with Gasteiger partial charge in [0.15, 0.2) is 0 Å². The van der Waals surface area contributed by atoms with Gasteiger partial charge in [-0.25, -0.2) is 0 Å². The van der Waals surface area contributed by atoms with Crippen molar-refractivity contribution < 1.29 is 24.9 Å². The Morgan fingerprint density at radius 3 is 2.67 bits per heavy atom. The van der Waals surface area contributed by atoms with Crippen molar-refractivity contribution >= 4 is 5.91 Å². The van der Waals surface area contributed by atoms with Gasteiger partial charge in [-0.3, -0.25) is 9.78 Å². The van der Waals surface area contributed by atoms with Crippen molar-refractivity contribution in [1.82, 2.24) is 4.98 Å². The van der Waals surface area contributed by atoms with Crippen molar-refractivity contribution in [3.05, 3.63) is 29.6 Å². The topological polar surface area (TPSA) is 126 Å². The fourth-order valence-corrected chi connectivity index (χ4v) is 1.31. The van der Waals surface area contributed by atoms with Crippen LogP contribution in [0.5, 0.6) is 0 Å². The molecular weight excluding hydrogens is 240 g/mol. The van der Waals surface area contributed by atoms with Gasteiger partial charge in [0.1, 0.15) is 12.2 Å². The smallest absolute Gasteiger partial charge is 0.250 e. The number of nitrogens with zero attached hydrogens (tertiary/aromatic N) is 1. The maximum absolute atomic E-state index is 10.9. The lowest BCUT2D eigenvalue weighted by atomic mass is 10.2. The number of hydrogen-bond donors (Lipinski definition) is 4. The van der Waals surface area contributed by atoms with Gasteiger partial charge < -0.3 is 25.8 Å². The fraction of sp³-hybridized carbons (Fsp3) is 0.455. The summed E-state index contributed by atoms with van der Waals surface area (Å²) in [4.78, 5) is 14.7. The third-order valence-corrected chi connectivity index (χ3v) is 2.34. The Balaban J connectivity index is 2.62.